The molecular formula is C13H28N2O. The Morgan fingerprint density at radius 1 is 1.56 bits per heavy atom. The molecule has 0 aromatic heterocycles. The van der Waals surface area contributed by atoms with Crippen LogP contribution in [0.3, 0.4) is 0 Å². The highest BCUT2D eigenvalue weighted by Gasteiger charge is 2.38. The summed E-state index contributed by atoms with van der Waals surface area (Å²) in [6.45, 7) is 6.12. The second-order valence-electron chi connectivity index (χ2n) is 5.55. The highest BCUT2D eigenvalue weighted by Crippen LogP contribution is 2.36. The minimum Gasteiger partial charge on any atom is -0.383 e. The van der Waals surface area contributed by atoms with Crippen molar-refractivity contribution in [2.45, 2.75) is 51.1 Å². The monoisotopic (exact) mass is 228 g/mol. The van der Waals surface area contributed by atoms with Gasteiger partial charge in [0.25, 0.3) is 0 Å². The molecule has 0 radical (unpaired) electrons. The Morgan fingerprint density at radius 2 is 2.25 bits per heavy atom. The molecule has 0 aliphatic heterocycles. The van der Waals surface area contributed by atoms with E-state index in [0.717, 1.165) is 19.1 Å². The molecular weight excluding hydrogens is 200 g/mol. The van der Waals surface area contributed by atoms with E-state index < -0.39 is 0 Å². The fraction of sp³-hybridized carbons (Fsp3) is 1.00. The Kier molecular flexibility index (Phi) is 5.22. The van der Waals surface area contributed by atoms with Crippen LogP contribution in [0.15, 0.2) is 0 Å². The van der Waals surface area contributed by atoms with E-state index in [-0.39, 0.29) is 5.54 Å². The molecule has 0 aromatic rings. The molecule has 2 N–H and O–H groups in total. The fourth-order valence-electron chi connectivity index (χ4n) is 3.10. The molecule has 3 heteroatoms. The number of rotatable bonds is 5. The van der Waals surface area contributed by atoms with Gasteiger partial charge in [0, 0.05) is 25.2 Å². The second-order valence-corrected chi connectivity index (χ2v) is 5.55. The highest BCUT2D eigenvalue weighted by atomic mass is 16.5. The molecule has 3 nitrogen and oxygen atoms in total. The smallest absolute Gasteiger partial charge is 0.0615 e. The zero-order chi connectivity index (χ0) is 12.2. The third-order valence-electron chi connectivity index (χ3n) is 4.26. The number of ether oxygens (including phenoxy) is 1. The lowest BCUT2D eigenvalue weighted by atomic mass is 9.75. The van der Waals surface area contributed by atoms with Crippen LogP contribution in [0.1, 0.15) is 39.5 Å². The maximum Gasteiger partial charge on any atom is 0.0615 e. The van der Waals surface area contributed by atoms with E-state index in [0.29, 0.717) is 6.04 Å². The number of methoxy groups -OCH3 is 1. The second kappa shape index (κ2) is 5.99. The van der Waals surface area contributed by atoms with E-state index in [4.69, 9.17) is 10.5 Å². The summed E-state index contributed by atoms with van der Waals surface area (Å²) in [7, 11) is 3.97. The summed E-state index contributed by atoms with van der Waals surface area (Å²) in [5.41, 5.74) is 6.26. The molecule has 0 heterocycles. The van der Waals surface area contributed by atoms with Gasteiger partial charge in [0.1, 0.15) is 0 Å². The van der Waals surface area contributed by atoms with Crippen molar-refractivity contribution in [2.75, 3.05) is 27.3 Å². The average Bonchev–Trinajstić information content (AvgIpc) is 2.28. The highest BCUT2D eigenvalue weighted by molar-refractivity contribution is 4.96. The predicted octanol–water partition coefficient (Wildman–Crippen LogP) is 1.86. The first-order valence-corrected chi connectivity index (χ1v) is 6.47. The van der Waals surface area contributed by atoms with Gasteiger partial charge < -0.3 is 10.5 Å². The van der Waals surface area contributed by atoms with Crippen LogP contribution in [0.2, 0.25) is 0 Å². The Bertz CT molecular complexity index is 210. The van der Waals surface area contributed by atoms with Gasteiger partial charge in [0.2, 0.25) is 0 Å². The summed E-state index contributed by atoms with van der Waals surface area (Å²) in [6.07, 6.45) is 5.13. The van der Waals surface area contributed by atoms with Crippen molar-refractivity contribution in [3.05, 3.63) is 0 Å². The van der Waals surface area contributed by atoms with E-state index in [2.05, 4.69) is 25.8 Å². The van der Waals surface area contributed by atoms with E-state index in [1.54, 1.807) is 7.11 Å². The number of hydrogen-bond acceptors (Lipinski definition) is 3. The van der Waals surface area contributed by atoms with Crippen LogP contribution in [0, 0.1) is 5.92 Å². The van der Waals surface area contributed by atoms with Crippen molar-refractivity contribution < 1.29 is 4.74 Å². The SMILES string of the molecule is COCC(C)N(C)C1(CN)CCCC(C)C1. The molecule has 16 heavy (non-hydrogen) atoms. The standard InChI is InChI=1S/C13H28N2O/c1-11-6-5-7-13(8-11,10-14)15(3)12(2)9-16-4/h11-12H,5-10,14H2,1-4H3. The molecule has 1 fully saturated rings. The Labute approximate surface area is 100 Å². The number of nitrogens with zero attached hydrogens (tertiary/aromatic N) is 1. The zero-order valence-corrected chi connectivity index (χ0v) is 11.3. The molecule has 3 atom stereocenters. The van der Waals surface area contributed by atoms with Crippen LogP contribution < -0.4 is 5.73 Å². The molecule has 1 aliphatic carbocycles. The summed E-state index contributed by atoms with van der Waals surface area (Å²) in [5, 5.41) is 0. The third kappa shape index (κ3) is 2.96. The van der Waals surface area contributed by atoms with Gasteiger partial charge in [-0.05, 0) is 32.7 Å². The largest absolute Gasteiger partial charge is 0.383 e. The van der Waals surface area contributed by atoms with Crippen molar-refractivity contribution in [1.82, 2.24) is 4.90 Å². The van der Waals surface area contributed by atoms with Crippen LogP contribution in [0.5, 0.6) is 0 Å². The van der Waals surface area contributed by atoms with Crippen LogP contribution >= 0.6 is 0 Å². The summed E-state index contributed by atoms with van der Waals surface area (Å²) < 4.78 is 5.25. The molecule has 1 rings (SSSR count). The average molecular weight is 228 g/mol. The first-order chi connectivity index (χ1) is 7.55. The molecule has 0 aromatic carbocycles. The molecule has 1 saturated carbocycles. The molecule has 0 bridgehead atoms. The van der Waals surface area contributed by atoms with Gasteiger partial charge >= 0.3 is 0 Å². The molecule has 0 spiro atoms. The van der Waals surface area contributed by atoms with Gasteiger partial charge in [0.15, 0.2) is 0 Å². The summed E-state index contributed by atoms with van der Waals surface area (Å²) in [5.74, 6) is 0.800. The number of nitrogens with two attached hydrogens (primary N) is 1. The molecule has 96 valence electrons. The van der Waals surface area contributed by atoms with Gasteiger partial charge in [-0.15, -0.1) is 0 Å². The van der Waals surface area contributed by atoms with Gasteiger partial charge in [-0.3, -0.25) is 4.90 Å². The van der Waals surface area contributed by atoms with Crippen molar-refractivity contribution in [1.29, 1.82) is 0 Å². The number of likely N-dealkylation sites (N-methyl/N-ethyl adjacent to an activating group) is 1. The van der Waals surface area contributed by atoms with E-state index in [9.17, 15) is 0 Å². The first kappa shape index (κ1) is 13.9. The van der Waals surface area contributed by atoms with Gasteiger partial charge in [-0.25, -0.2) is 0 Å². The maximum absolute atomic E-state index is 6.05. The first-order valence-electron chi connectivity index (χ1n) is 6.47. The van der Waals surface area contributed by atoms with Crippen molar-refractivity contribution >= 4 is 0 Å². The van der Waals surface area contributed by atoms with Crippen molar-refractivity contribution in [3.8, 4) is 0 Å². The van der Waals surface area contributed by atoms with Gasteiger partial charge in [0.05, 0.1) is 6.61 Å². The quantitative estimate of drug-likeness (QED) is 0.780. The Morgan fingerprint density at radius 3 is 2.75 bits per heavy atom. The number of hydrogen-bond donors (Lipinski definition) is 1. The lowest BCUT2D eigenvalue weighted by Gasteiger charge is -2.48. The van der Waals surface area contributed by atoms with Crippen LogP contribution in [-0.4, -0.2) is 43.8 Å². The van der Waals surface area contributed by atoms with Crippen LogP contribution in [0.4, 0.5) is 0 Å². The normalized spacial score (nSPS) is 33.0. The summed E-state index contributed by atoms with van der Waals surface area (Å²) in [6, 6.07) is 0.443. The third-order valence-corrected chi connectivity index (χ3v) is 4.26. The summed E-state index contributed by atoms with van der Waals surface area (Å²) in [4.78, 5) is 2.45. The van der Waals surface area contributed by atoms with Crippen molar-refractivity contribution in [2.24, 2.45) is 11.7 Å². The topological polar surface area (TPSA) is 38.5 Å². The predicted molar refractivity (Wildman–Crippen MR) is 68.5 cm³/mol. The minimum atomic E-state index is 0.204. The molecule has 0 saturated heterocycles. The molecule has 3 unspecified atom stereocenters. The minimum absolute atomic E-state index is 0.204. The van der Waals surface area contributed by atoms with E-state index >= 15 is 0 Å². The van der Waals surface area contributed by atoms with Gasteiger partial charge in [-0.1, -0.05) is 19.8 Å². The lowest BCUT2D eigenvalue weighted by molar-refractivity contribution is 0.00445. The van der Waals surface area contributed by atoms with Gasteiger partial charge in [-0.2, -0.15) is 0 Å². The van der Waals surface area contributed by atoms with E-state index in [1.165, 1.54) is 25.7 Å². The van der Waals surface area contributed by atoms with Crippen molar-refractivity contribution in [3.63, 3.8) is 0 Å². The van der Waals surface area contributed by atoms with Crippen LogP contribution in [-0.2, 0) is 4.74 Å². The molecule has 0 amide bonds. The Hall–Kier alpha value is -0.120. The maximum atomic E-state index is 6.05. The lowest BCUT2D eigenvalue weighted by Crippen LogP contribution is -2.58. The molecule has 1 aliphatic rings. The Balaban J connectivity index is 2.70. The summed E-state index contributed by atoms with van der Waals surface area (Å²) >= 11 is 0. The fourth-order valence-corrected chi connectivity index (χ4v) is 3.10. The van der Waals surface area contributed by atoms with Crippen LogP contribution in [0.25, 0.3) is 0 Å². The van der Waals surface area contributed by atoms with E-state index in [1.807, 2.05) is 0 Å². The zero-order valence-electron chi connectivity index (χ0n) is 11.3.